The van der Waals surface area contributed by atoms with Gasteiger partial charge in [-0.25, -0.2) is 0 Å². The highest BCUT2D eigenvalue weighted by Gasteiger charge is 2.13. The second kappa shape index (κ2) is 6.96. The van der Waals surface area contributed by atoms with Gasteiger partial charge in [0.1, 0.15) is 24.7 Å². The third kappa shape index (κ3) is 3.88. The van der Waals surface area contributed by atoms with Crippen molar-refractivity contribution in [1.29, 1.82) is 0 Å². The summed E-state index contributed by atoms with van der Waals surface area (Å²) in [4.78, 5) is 0. The predicted octanol–water partition coefficient (Wildman–Crippen LogP) is 5.55. The highest BCUT2D eigenvalue weighted by molar-refractivity contribution is 5.75. The number of ether oxygens (including phenoxy) is 2. The van der Waals surface area contributed by atoms with Crippen molar-refractivity contribution in [3.63, 3.8) is 0 Å². The van der Waals surface area contributed by atoms with E-state index in [4.69, 9.17) is 9.47 Å². The molecule has 0 bridgehead atoms. The Kier molecular flexibility index (Phi) is 4.37. The van der Waals surface area contributed by atoms with Gasteiger partial charge in [0.15, 0.2) is 0 Å². The molecule has 0 amide bonds. The molecule has 2 aliphatic carbocycles. The van der Waals surface area contributed by atoms with Gasteiger partial charge in [0.2, 0.25) is 0 Å². The van der Waals surface area contributed by atoms with Gasteiger partial charge in [-0.1, -0.05) is 47.5 Å². The monoisotopic (exact) mass is 318 g/mol. The smallest absolute Gasteiger partial charge is 0.127 e. The van der Waals surface area contributed by atoms with Gasteiger partial charge >= 0.3 is 0 Å². The van der Waals surface area contributed by atoms with Crippen LogP contribution in [0, 0.1) is 0 Å². The van der Waals surface area contributed by atoms with E-state index < -0.39 is 0 Å². The minimum atomic E-state index is 0.640. The first-order chi connectivity index (χ1) is 11.9. The minimum Gasteiger partial charge on any atom is -0.489 e. The summed E-state index contributed by atoms with van der Waals surface area (Å²) in [5.74, 6) is 1.82. The van der Waals surface area contributed by atoms with Crippen LogP contribution < -0.4 is 9.47 Å². The lowest BCUT2D eigenvalue weighted by Crippen LogP contribution is -1.98. The van der Waals surface area contributed by atoms with Crippen molar-refractivity contribution < 1.29 is 9.47 Å². The summed E-state index contributed by atoms with van der Waals surface area (Å²) in [5.41, 5.74) is 5.18. The molecule has 4 rings (SSSR count). The van der Waals surface area contributed by atoms with E-state index in [9.17, 15) is 0 Å². The molecule has 0 saturated heterocycles. The van der Waals surface area contributed by atoms with Crippen LogP contribution in [0.15, 0.2) is 71.8 Å². The summed E-state index contributed by atoms with van der Waals surface area (Å²) >= 11 is 0. The standard InChI is InChI=1S/C22H22O2/c1-3-7-21(23-15-13-17-9-10-17)19(5-1)20-6-2-4-8-22(20)24-16-14-18-11-12-18/h1-8,13-14H,9-12,15-16H2. The Hall–Kier alpha value is -2.48. The SMILES string of the molecule is C(COc1ccccc1-c1ccccc1OCC=C1CC1)=C1CC1. The van der Waals surface area contributed by atoms with E-state index in [-0.39, 0.29) is 0 Å². The zero-order chi connectivity index (χ0) is 16.2. The number of allylic oxidation sites excluding steroid dienone is 2. The van der Waals surface area contributed by atoms with Gasteiger partial charge in [-0.2, -0.15) is 0 Å². The first-order valence-electron chi connectivity index (χ1n) is 8.70. The van der Waals surface area contributed by atoms with Gasteiger partial charge in [-0.15, -0.1) is 0 Å². The first-order valence-corrected chi connectivity index (χ1v) is 8.70. The predicted molar refractivity (Wildman–Crippen MR) is 97.5 cm³/mol. The molecule has 2 aromatic rings. The van der Waals surface area contributed by atoms with Gasteiger partial charge in [0.05, 0.1) is 0 Å². The maximum absolute atomic E-state index is 6.01. The van der Waals surface area contributed by atoms with Crippen molar-refractivity contribution in [2.45, 2.75) is 25.7 Å². The van der Waals surface area contributed by atoms with Crippen LogP contribution in [0.25, 0.3) is 11.1 Å². The van der Waals surface area contributed by atoms with E-state index in [0.717, 1.165) is 22.6 Å². The molecule has 0 radical (unpaired) electrons. The summed E-state index contributed by atoms with van der Waals surface area (Å²) in [5, 5.41) is 0. The average molecular weight is 318 g/mol. The van der Waals surface area contributed by atoms with Crippen LogP contribution in [0.1, 0.15) is 25.7 Å². The molecule has 0 unspecified atom stereocenters. The fourth-order valence-electron chi connectivity index (χ4n) is 2.68. The normalized spacial score (nSPS) is 15.0. The summed E-state index contributed by atoms with van der Waals surface area (Å²) in [6.07, 6.45) is 9.32. The highest BCUT2D eigenvalue weighted by Crippen LogP contribution is 2.37. The highest BCUT2D eigenvalue weighted by atomic mass is 16.5. The van der Waals surface area contributed by atoms with Crippen molar-refractivity contribution in [2.24, 2.45) is 0 Å². The quantitative estimate of drug-likeness (QED) is 0.623. The number of benzene rings is 2. The lowest BCUT2D eigenvalue weighted by Gasteiger charge is -2.14. The van der Waals surface area contributed by atoms with Crippen molar-refractivity contribution in [2.75, 3.05) is 13.2 Å². The molecule has 0 spiro atoms. The van der Waals surface area contributed by atoms with Crippen molar-refractivity contribution in [1.82, 2.24) is 0 Å². The van der Waals surface area contributed by atoms with E-state index in [1.165, 1.54) is 36.8 Å². The number of hydrogen-bond acceptors (Lipinski definition) is 2. The second-order valence-corrected chi connectivity index (χ2v) is 6.34. The maximum Gasteiger partial charge on any atom is 0.127 e. The molecule has 0 aromatic heterocycles. The molecule has 24 heavy (non-hydrogen) atoms. The van der Waals surface area contributed by atoms with Crippen LogP contribution in [0.5, 0.6) is 11.5 Å². The summed E-state index contributed by atoms with van der Waals surface area (Å²) in [6, 6.07) is 16.4. The zero-order valence-corrected chi connectivity index (χ0v) is 13.8. The molecule has 0 aliphatic heterocycles. The largest absolute Gasteiger partial charge is 0.489 e. The van der Waals surface area contributed by atoms with Gasteiger partial charge in [-0.3, -0.25) is 0 Å². The van der Waals surface area contributed by atoms with Gasteiger partial charge < -0.3 is 9.47 Å². The Bertz CT molecular complexity index is 707. The molecule has 2 fully saturated rings. The average Bonchev–Trinajstić information content (AvgIpc) is 3.51. The molecule has 2 aliphatic rings. The Labute approximate surface area is 143 Å². The third-order valence-corrected chi connectivity index (χ3v) is 4.36. The Balaban J connectivity index is 1.55. The fourth-order valence-corrected chi connectivity index (χ4v) is 2.68. The van der Waals surface area contributed by atoms with Gasteiger partial charge in [-0.05, 0) is 50.0 Å². The summed E-state index contributed by atoms with van der Waals surface area (Å²) in [6.45, 7) is 1.28. The summed E-state index contributed by atoms with van der Waals surface area (Å²) < 4.78 is 12.0. The Morgan fingerprint density at radius 3 is 1.46 bits per heavy atom. The molecule has 0 N–H and O–H groups in total. The number of hydrogen-bond donors (Lipinski definition) is 0. The molecule has 0 heterocycles. The molecule has 2 nitrogen and oxygen atoms in total. The maximum atomic E-state index is 6.01. The third-order valence-electron chi connectivity index (χ3n) is 4.36. The number of para-hydroxylation sites is 2. The molecule has 122 valence electrons. The van der Waals surface area contributed by atoms with Crippen LogP contribution in [0.4, 0.5) is 0 Å². The van der Waals surface area contributed by atoms with Gasteiger partial charge in [0, 0.05) is 11.1 Å². The molecule has 2 aromatic carbocycles. The van der Waals surface area contributed by atoms with E-state index in [1.807, 2.05) is 36.4 Å². The first kappa shape index (κ1) is 15.1. The van der Waals surface area contributed by atoms with Crippen LogP contribution in [-0.2, 0) is 0 Å². The molecular weight excluding hydrogens is 296 g/mol. The molecule has 2 heteroatoms. The number of rotatable bonds is 7. The van der Waals surface area contributed by atoms with Crippen molar-refractivity contribution >= 4 is 0 Å². The lowest BCUT2D eigenvalue weighted by atomic mass is 10.0. The van der Waals surface area contributed by atoms with Crippen LogP contribution >= 0.6 is 0 Å². The van der Waals surface area contributed by atoms with E-state index in [1.54, 1.807) is 0 Å². The van der Waals surface area contributed by atoms with Crippen molar-refractivity contribution in [3.05, 3.63) is 71.8 Å². The lowest BCUT2D eigenvalue weighted by molar-refractivity contribution is 0.358. The molecule has 2 saturated carbocycles. The van der Waals surface area contributed by atoms with Crippen molar-refractivity contribution in [3.8, 4) is 22.6 Å². The van der Waals surface area contributed by atoms with Crippen LogP contribution in [0.2, 0.25) is 0 Å². The van der Waals surface area contributed by atoms with E-state index in [0.29, 0.717) is 13.2 Å². The molecular formula is C22H22O2. The fraction of sp³-hybridized carbons (Fsp3) is 0.273. The molecule has 0 atom stereocenters. The zero-order valence-electron chi connectivity index (χ0n) is 13.8. The van der Waals surface area contributed by atoms with E-state index in [2.05, 4.69) is 24.3 Å². The van der Waals surface area contributed by atoms with Crippen LogP contribution in [-0.4, -0.2) is 13.2 Å². The second-order valence-electron chi connectivity index (χ2n) is 6.34. The Morgan fingerprint density at radius 1 is 0.625 bits per heavy atom. The Morgan fingerprint density at radius 2 is 1.04 bits per heavy atom. The van der Waals surface area contributed by atoms with Gasteiger partial charge in [0.25, 0.3) is 0 Å². The summed E-state index contributed by atoms with van der Waals surface area (Å²) in [7, 11) is 0. The topological polar surface area (TPSA) is 18.5 Å². The van der Waals surface area contributed by atoms with E-state index >= 15 is 0 Å². The minimum absolute atomic E-state index is 0.640. The van der Waals surface area contributed by atoms with Crippen LogP contribution in [0.3, 0.4) is 0 Å².